The number of anilines is 4. The van der Waals surface area contributed by atoms with Crippen molar-refractivity contribution in [2.75, 3.05) is 78.9 Å². The zero-order valence-corrected chi connectivity index (χ0v) is 33.8. The van der Waals surface area contributed by atoms with Crippen LogP contribution in [0.25, 0.3) is 0 Å². The first-order valence-electron chi connectivity index (χ1n) is 20.5. The van der Waals surface area contributed by atoms with E-state index in [4.69, 9.17) is 0 Å². The van der Waals surface area contributed by atoms with E-state index in [9.17, 15) is 42.4 Å². The molecule has 0 saturated carbocycles. The van der Waals surface area contributed by atoms with Crippen molar-refractivity contribution in [2.24, 2.45) is 5.92 Å². The van der Waals surface area contributed by atoms with E-state index in [1.54, 1.807) is 35.5 Å². The molecule has 320 valence electrons. The molecule has 19 heteroatoms. The molecule has 0 radical (unpaired) electrons. The molecule has 61 heavy (non-hydrogen) atoms. The van der Waals surface area contributed by atoms with Gasteiger partial charge in [0, 0.05) is 88.8 Å². The number of carbonyl (C=O) groups is 5. The Morgan fingerprint density at radius 1 is 0.852 bits per heavy atom. The van der Waals surface area contributed by atoms with Gasteiger partial charge in [0.05, 0.1) is 46.4 Å². The average molecular weight is 842 g/mol. The summed E-state index contributed by atoms with van der Waals surface area (Å²) in [5.74, 6) is -0.990. The van der Waals surface area contributed by atoms with E-state index in [0.29, 0.717) is 29.8 Å². The van der Waals surface area contributed by atoms with Crippen molar-refractivity contribution in [3.8, 4) is 6.07 Å². The highest BCUT2D eigenvalue weighted by Gasteiger charge is 2.45. The van der Waals surface area contributed by atoms with Gasteiger partial charge in [0.1, 0.15) is 6.04 Å². The van der Waals surface area contributed by atoms with Crippen LogP contribution in [0, 0.1) is 17.2 Å². The van der Waals surface area contributed by atoms with Crippen LogP contribution in [0.3, 0.4) is 0 Å². The van der Waals surface area contributed by atoms with Crippen LogP contribution < -0.4 is 25.3 Å². The number of carbonyl (C=O) groups excluding carboxylic acids is 5. The fourth-order valence-electron chi connectivity index (χ4n) is 9.08. The molecule has 3 aromatic rings. The van der Waals surface area contributed by atoms with E-state index < -0.39 is 47.0 Å². The molecule has 6 heterocycles. The lowest BCUT2D eigenvalue weighted by atomic mass is 9.96. The standard InChI is InChI=1S/C42H46F3N11O5/c1-25-23-55(26(2)22-54(25)31-4-3-28(19-46)34(18-31)42(43,44)45)41(61)49-29-20-47-40(48-21-29)53-11-9-27(10-12-53)24-51-13-15-52(16-14-51)30-5-6-32-33(17-30)39(60)56(38(32)59)35-7-8-36(57)50-37(35)58/h3-6,17-18,20-21,25-27,35H,7-16,22-24H2,1-2H3,(H,49,61)(H,50,57,58)/t25-,26+,35+/m0/s1. The Bertz CT molecular complexity index is 2270. The molecule has 5 aliphatic rings. The molecule has 0 aliphatic carbocycles. The van der Waals surface area contributed by atoms with Crippen LogP contribution in [0.4, 0.5) is 41.0 Å². The lowest BCUT2D eigenvalue weighted by molar-refractivity contribution is -0.138. The Morgan fingerprint density at radius 3 is 2.21 bits per heavy atom. The Morgan fingerprint density at radius 2 is 1.54 bits per heavy atom. The van der Waals surface area contributed by atoms with Crippen molar-refractivity contribution >= 4 is 52.7 Å². The summed E-state index contributed by atoms with van der Waals surface area (Å²) in [6.45, 7) is 9.99. The number of fused-ring (bicyclic) bond motifs is 1. The smallest absolute Gasteiger partial charge is 0.369 e. The van der Waals surface area contributed by atoms with Gasteiger partial charge in [-0.3, -0.25) is 34.3 Å². The fraction of sp³-hybridized carbons (Fsp3) is 0.476. The zero-order valence-electron chi connectivity index (χ0n) is 33.8. The summed E-state index contributed by atoms with van der Waals surface area (Å²) in [6, 6.07) is 8.58. The van der Waals surface area contributed by atoms with Gasteiger partial charge >= 0.3 is 12.2 Å². The lowest BCUT2D eigenvalue weighted by Crippen LogP contribution is -2.59. The molecule has 2 aromatic carbocycles. The van der Waals surface area contributed by atoms with Gasteiger partial charge in [-0.2, -0.15) is 18.4 Å². The molecule has 6 amide bonds. The number of nitrogens with zero attached hydrogens (tertiary/aromatic N) is 9. The van der Waals surface area contributed by atoms with Gasteiger partial charge in [-0.05, 0) is 75.4 Å². The number of nitriles is 1. The zero-order chi connectivity index (χ0) is 43.2. The van der Waals surface area contributed by atoms with Crippen molar-refractivity contribution in [1.29, 1.82) is 5.26 Å². The molecule has 2 N–H and O–H groups in total. The number of hydrogen-bond acceptors (Lipinski definition) is 12. The summed E-state index contributed by atoms with van der Waals surface area (Å²) < 4.78 is 40.9. The average Bonchev–Trinajstić information content (AvgIpc) is 3.49. The molecule has 16 nitrogen and oxygen atoms in total. The SMILES string of the molecule is C[C@@H]1CN(c2ccc(C#N)c(C(F)(F)F)c2)[C@@H](C)CN1C(=O)Nc1cnc(N2CCC(CN3CCN(c4ccc5c(c4)C(=O)N([C@@H]4CCC(=O)NC4=O)C5=O)CC3)CC2)nc1. The third kappa shape index (κ3) is 8.41. The monoisotopic (exact) mass is 841 g/mol. The minimum Gasteiger partial charge on any atom is -0.369 e. The first kappa shape index (κ1) is 41.4. The number of imide groups is 2. The maximum atomic E-state index is 13.6. The van der Waals surface area contributed by atoms with Crippen molar-refractivity contribution < 1.29 is 37.1 Å². The van der Waals surface area contributed by atoms with Gasteiger partial charge in [-0.25, -0.2) is 14.8 Å². The topological polar surface area (TPSA) is 178 Å². The minimum atomic E-state index is -4.66. The predicted octanol–water partition coefficient (Wildman–Crippen LogP) is 3.94. The number of hydrogen-bond donors (Lipinski definition) is 2. The number of piperidine rings is 2. The van der Waals surface area contributed by atoms with Crippen molar-refractivity contribution in [1.82, 2.24) is 30.0 Å². The summed E-state index contributed by atoms with van der Waals surface area (Å²) in [5, 5.41) is 14.3. The number of alkyl halides is 3. The molecule has 0 bridgehead atoms. The minimum absolute atomic E-state index is 0.0712. The number of amides is 6. The summed E-state index contributed by atoms with van der Waals surface area (Å²) in [4.78, 5) is 84.2. The number of urea groups is 1. The summed E-state index contributed by atoms with van der Waals surface area (Å²) in [5.41, 5.74) is 0.752. The molecule has 8 rings (SSSR count). The van der Waals surface area contributed by atoms with Crippen LogP contribution in [0.1, 0.15) is 71.4 Å². The first-order chi connectivity index (χ1) is 29.2. The third-order valence-corrected chi connectivity index (χ3v) is 12.5. The Balaban J connectivity index is 0.781. The molecule has 5 aliphatic heterocycles. The van der Waals surface area contributed by atoms with Gasteiger partial charge in [0.25, 0.3) is 11.8 Å². The van der Waals surface area contributed by atoms with Crippen molar-refractivity contribution in [2.45, 2.75) is 63.8 Å². The van der Waals surface area contributed by atoms with E-state index in [0.717, 1.165) is 75.3 Å². The molecular weight excluding hydrogens is 796 g/mol. The van der Waals surface area contributed by atoms with Gasteiger partial charge in [-0.1, -0.05) is 0 Å². The summed E-state index contributed by atoms with van der Waals surface area (Å²) in [6.07, 6.45) is 0.612. The van der Waals surface area contributed by atoms with Crippen molar-refractivity contribution in [3.05, 3.63) is 71.0 Å². The number of nitrogens with one attached hydrogen (secondary N) is 2. The second-order valence-corrected chi connectivity index (χ2v) is 16.4. The van der Waals surface area contributed by atoms with Crippen LogP contribution in [0.15, 0.2) is 48.8 Å². The number of piperazine rings is 2. The molecule has 1 aromatic heterocycles. The van der Waals surface area contributed by atoms with Gasteiger partial charge in [-0.15, -0.1) is 0 Å². The number of halogens is 3. The summed E-state index contributed by atoms with van der Waals surface area (Å²) in [7, 11) is 0. The highest BCUT2D eigenvalue weighted by atomic mass is 19.4. The second-order valence-electron chi connectivity index (χ2n) is 16.4. The number of rotatable bonds is 7. The third-order valence-electron chi connectivity index (χ3n) is 12.5. The predicted molar refractivity (Wildman–Crippen MR) is 217 cm³/mol. The Kier molecular flexibility index (Phi) is 11.3. The number of aromatic nitrogens is 2. The Hall–Kier alpha value is -6.29. The van der Waals surface area contributed by atoms with E-state index in [1.807, 2.05) is 24.8 Å². The molecule has 3 atom stereocenters. The lowest BCUT2D eigenvalue weighted by Gasteiger charge is -2.45. The molecular formula is C42H46F3N11O5. The number of benzene rings is 2. The summed E-state index contributed by atoms with van der Waals surface area (Å²) >= 11 is 0. The van der Waals surface area contributed by atoms with Gasteiger partial charge in [0.15, 0.2) is 0 Å². The van der Waals surface area contributed by atoms with E-state index in [2.05, 4.69) is 35.3 Å². The normalized spacial score (nSPS) is 23.0. The van der Waals surface area contributed by atoms with Crippen LogP contribution in [0.2, 0.25) is 0 Å². The van der Waals surface area contributed by atoms with E-state index in [-0.39, 0.29) is 48.6 Å². The van der Waals surface area contributed by atoms with Gasteiger partial charge in [0.2, 0.25) is 17.8 Å². The van der Waals surface area contributed by atoms with Crippen molar-refractivity contribution in [3.63, 3.8) is 0 Å². The van der Waals surface area contributed by atoms with Crippen LogP contribution in [0.5, 0.6) is 0 Å². The highest BCUT2D eigenvalue weighted by molar-refractivity contribution is 6.23. The van der Waals surface area contributed by atoms with Crippen LogP contribution >= 0.6 is 0 Å². The Labute approximate surface area is 350 Å². The second kappa shape index (κ2) is 16.6. The van der Waals surface area contributed by atoms with Crippen LogP contribution in [-0.2, 0) is 15.8 Å². The van der Waals surface area contributed by atoms with E-state index >= 15 is 0 Å². The molecule has 4 saturated heterocycles. The first-order valence-corrected chi connectivity index (χ1v) is 20.5. The van der Waals surface area contributed by atoms with Gasteiger partial charge < -0.3 is 24.9 Å². The van der Waals surface area contributed by atoms with E-state index in [1.165, 1.54) is 12.1 Å². The molecule has 0 spiro atoms. The molecule has 4 fully saturated rings. The maximum absolute atomic E-state index is 13.6. The maximum Gasteiger partial charge on any atom is 0.417 e. The quantitative estimate of drug-likeness (QED) is 0.328. The highest BCUT2D eigenvalue weighted by Crippen LogP contribution is 2.36. The van der Waals surface area contributed by atoms with Crippen LogP contribution in [-0.4, -0.2) is 131 Å². The largest absolute Gasteiger partial charge is 0.417 e. The fourth-order valence-corrected chi connectivity index (χ4v) is 9.08. The molecule has 0 unspecified atom stereocenters.